The normalized spacial score (nSPS) is 13.0. The maximum atomic E-state index is 9.17. The zero-order valence-corrected chi connectivity index (χ0v) is 7.67. The fourth-order valence-electron chi connectivity index (χ4n) is 0.643. The third-order valence-electron chi connectivity index (χ3n) is 1.23. The SMILES string of the molecule is COC(O)c1cnc(Cl)nc1Cl. The second-order valence-corrected chi connectivity index (χ2v) is 2.67. The Morgan fingerprint density at radius 1 is 1.58 bits per heavy atom. The smallest absolute Gasteiger partial charge is 0.223 e. The van der Waals surface area contributed by atoms with E-state index in [1.54, 1.807) is 0 Å². The van der Waals surface area contributed by atoms with Gasteiger partial charge in [0.05, 0.1) is 5.56 Å². The molecule has 4 nitrogen and oxygen atoms in total. The van der Waals surface area contributed by atoms with Crippen molar-refractivity contribution in [2.75, 3.05) is 7.11 Å². The van der Waals surface area contributed by atoms with Crippen LogP contribution in [0.3, 0.4) is 0 Å². The maximum Gasteiger partial charge on any atom is 0.223 e. The van der Waals surface area contributed by atoms with Gasteiger partial charge in [-0.2, -0.15) is 0 Å². The molecule has 1 unspecified atom stereocenters. The summed E-state index contributed by atoms with van der Waals surface area (Å²) in [5, 5.41) is 9.29. The molecule has 0 aliphatic carbocycles. The van der Waals surface area contributed by atoms with Crippen molar-refractivity contribution in [3.8, 4) is 0 Å². The second kappa shape index (κ2) is 4.00. The molecule has 1 heterocycles. The van der Waals surface area contributed by atoms with Crippen LogP contribution in [0, 0.1) is 0 Å². The third-order valence-corrected chi connectivity index (χ3v) is 1.71. The molecule has 1 aromatic rings. The van der Waals surface area contributed by atoms with Crippen molar-refractivity contribution in [3.05, 3.63) is 22.2 Å². The summed E-state index contributed by atoms with van der Waals surface area (Å²) in [6.07, 6.45) is 0.195. The molecule has 12 heavy (non-hydrogen) atoms. The van der Waals surface area contributed by atoms with E-state index in [1.165, 1.54) is 13.3 Å². The highest BCUT2D eigenvalue weighted by molar-refractivity contribution is 6.32. The van der Waals surface area contributed by atoms with Crippen LogP contribution in [0.5, 0.6) is 0 Å². The van der Waals surface area contributed by atoms with Gasteiger partial charge in [-0.1, -0.05) is 11.6 Å². The lowest BCUT2D eigenvalue weighted by molar-refractivity contribution is -0.0772. The molecule has 0 radical (unpaired) electrons. The van der Waals surface area contributed by atoms with E-state index in [4.69, 9.17) is 23.2 Å². The standard InChI is InChI=1S/C6H6Cl2N2O2/c1-12-5(11)3-2-9-6(8)10-4(3)7/h2,5,11H,1H3. The number of nitrogens with zero attached hydrogens (tertiary/aromatic N) is 2. The van der Waals surface area contributed by atoms with Crippen LogP contribution in [-0.4, -0.2) is 22.2 Å². The molecule has 1 N–H and O–H groups in total. The molecule has 6 heteroatoms. The Kier molecular flexibility index (Phi) is 3.22. The first-order chi connectivity index (χ1) is 5.65. The van der Waals surface area contributed by atoms with Gasteiger partial charge in [0.2, 0.25) is 5.28 Å². The van der Waals surface area contributed by atoms with Gasteiger partial charge in [0.1, 0.15) is 5.15 Å². The summed E-state index contributed by atoms with van der Waals surface area (Å²) in [4.78, 5) is 7.26. The predicted octanol–water partition coefficient (Wildman–Crippen LogP) is 1.42. The molecule has 1 rings (SSSR count). The van der Waals surface area contributed by atoms with Crippen molar-refractivity contribution in [1.29, 1.82) is 0 Å². The Bertz CT molecular complexity index is 282. The quantitative estimate of drug-likeness (QED) is 0.454. The second-order valence-electron chi connectivity index (χ2n) is 1.97. The number of aromatic nitrogens is 2. The highest BCUT2D eigenvalue weighted by Gasteiger charge is 2.12. The van der Waals surface area contributed by atoms with Crippen molar-refractivity contribution >= 4 is 23.2 Å². The van der Waals surface area contributed by atoms with Gasteiger partial charge in [-0.15, -0.1) is 0 Å². The molecule has 1 aromatic heterocycles. The first kappa shape index (κ1) is 9.67. The van der Waals surface area contributed by atoms with Gasteiger partial charge in [-0.3, -0.25) is 0 Å². The zero-order valence-electron chi connectivity index (χ0n) is 6.16. The van der Waals surface area contributed by atoms with Crippen LogP contribution in [-0.2, 0) is 4.74 Å². The number of aliphatic hydroxyl groups is 1. The van der Waals surface area contributed by atoms with Gasteiger partial charge < -0.3 is 9.84 Å². The lowest BCUT2D eigenvalue weighted by Gasteiger charge is -2.08. The summed E-state index contributed by atoms with van der Waals surface area (Å²) in [6.45, 7) is 0. The van der Waals surface area contributed by atoms with E-state index in [-0.39, 0.29) is 10.4 Å². The Labute approximate surface area is 79.1 Å². The first-order valence-corrected chi connectivity index (χ1v) is 3.79. The van der Waals surface area contributed by atoms with E-state index in [0.29, 0.717) is 5.56 Å². The third kappa shape index (κ3) is 2.04. The Hall–Kier alpha value is -0.420. The van der Waals surface area contributed by atoms with Crippen molar-refractivity contribution in [2.45, 2.75) is 6.29 Å². The lowest BCUT2D eigenvalue weighted by Crippen LogP contribution is -2.02. The number of halogens is 2. The highest BCUT2D eigenvalue weighted by Crippen LogP contribution is 2.21. The average Bonchev–Trinajstić information content (AvgIpc) is 2.03. The van der Waals surface area contributed by atoms with E-state index < -0.39 is 6.29 Å². The summed E-state index contributed by atoms with van der Waals surface area (Å²) < 4.78 is 4.60. The van der Waals surface area contributed by atoms with Gasteiger partial charge in [-0.25, -0.2) is 9.97 Å². The average molecular weight is 209 g/mol. The predicted molar refractivity (Wildman–Crippen MR) is 44.0 cm³/mol. The minimum Gasteiger partial charge on any atom is -0.364 e. The number of hydrogen-bond donors (Lipinski definition) is 1. The van der Waals surface area contributed by atoms with Crippen molar-refractivity contribution in [3.63, 3.8) is 0 Å². The number of methoxy groups -OCH3 is 1. The van der Waals surface area contributed by atoms with Crippen LogP contribution in [0.2, 0.25) is 10.4 Å². The summed E-state index contributed by atoms with van der Waals surface area (Å²) in [7, 11) is 1.34. The molecule has 0 aliphatic rings. The number of rotatable bonds is 2. The van der Waals surface area contributed by atoms with Crippen LogP contribution >= 0.6 is 23.2 Å². The Balaban J connectivity index is 3.01. The largest absolute Gasteiger partial charge is 0.364 e. The van der Waals surface area contributed by atoms with Gasteiger partial charge in [-0.05, 0) is 11.6 Å². The zero-order chi connectivity index (χ0) is 9.14. The molecule has 0 fully saturated rings. The molecule has 0 amide bonds. The van der Waals surface area contributed by atoms with Crippen LogP contribution in [0.15, 0.2) is 6.20 Å². The lowest BCUT2D eigenvalue weighted by atomic mass is 10.3. The molecular weight excluding hydrogens is 203 g/mol. The number of ether oxygens (including phenoxy) is 1. The van der Waals surface area contributed by atoms with E-state index in [2.05, 4.69) is 14.7 Å². The number of hydrogen-bond acceptors (Lipinski definition) is 4. The summed E-state index contributed by atoms with van der Waals surface area (Å²) in [5.74, 6) is 0. The Morgan fingerprint density at radius 2 is 2.25 bits per heavy atom. The molecule has 0 saturated carbocycles. The van der Waals surface area contributed by atoms with Crippen LogP contribution < -0.4 is 0 Å². The van der Waals surface area contributed by atoms with Gasteiger partial charge >= 0.3 is 0 Å². The van der Waals surface area contributed by atoms with Crippen molar-refractivity contribution < 1.29 is 9.84 Å². The molecule has 0 saturated heterocycles. The molecule has 0 bridgehead atoms. The monoisotopic (exact) mass is 208 g/mol. The van der Waals surface area contributed by atoms with E-state index in [9.17, 15) is 5.11 Å². The topological polar surface area (TPSA) is 55.2 Å². The first-order valence-electron chi connectivity index (χ1n) is 3.04. The number of aliphatic hydroxyl groups excluding tert-OH is 1. The molecule has 0 spiro atoms. The summed E-state index contributed by atoms with van der Waals surface area (Å²) in [5.41, 5.74) is 0.295. The van der Waals surface area contributed by atoms with E-state index >= 15 is 0 Å². The van der Waals surface area contributed by atoms with Gasteiger partial charge in [0, 0.05) is 13.3 Å². The minimum absolute atomic E-state index is 0.0343. The van der Waals surface area contributed by atoms with Crippen LogP contribution in [0.25, 0.3) is 0 Å². The fraction of sp³-hybridized carbons (Fsp3) is 0.333. The highest BCUT2D eigenvalue weighted by atomic mass is 35.5. The fourth-order valence-corrected chi connectivity index (χ4v) is 1.04. The van der Waals surface area contributed by atoms with Gasteiger partial charge in [0.15, 0.2) is 6.29 Å². The van der Waals surface area contributed by atoms with Gasteiger partial charge in [0.25, 0.3) is 0 Å². The molecule has 0 aliphatic heterocycles. The van der Waals surface area contributed by atoms with Crippen molar-refractivity contribution in [1.82, 2.24) is 9.97 Å². The summed E-state index contributed by atoms with van der Waals surface area (Å²) in [6, 6.07) is 0. The summed E-state index contributed by atoms with van der Waals surface area (Å²) >= 11 is 11.1. The van der Waals surface area contributed by atoms with Crippen LogP contribution in [0.4, 0.5) is 0 Å². The maximum absolute atomic E-state index is 9.17. The molecule has 66 valence electrons. The molecular formula is C6H6Cl2N2O2. The minimum atomic E-state index is -1.12. The molecule has 1 atom stereocenters. The molecule has 0 aromatic carbocycles. The van der Waals surface area contributed by atoms with Crippen molar-refractivity contribution in [2.24, 2.45) is 0 Å². The van der Waals surface area contributed by atoms with E-state index in [0.717, 1.165) is 0 Å². The van der Waals surface area contributed by atoms with E-state index in [1.807, 2.05) is 0 Å². The Morgan fingerprint density at radius 3 is 2.75 bits per heavy atom. The van der Waals surface area contributed by atoms with Crippen LogP contribution in [0.1, 0.15) is 11.9 Å².